The third kappa shape index (κ3) is 604. The molecule has 0 spiro atoms. The van der Waals surface area contributed by atoms with Gasteiger partial charge in [0.2, 0.25) is 0 Å². The molecule has 13 heavy (non-hydrogen) atoms. The first-order valence-corrected chi connectivity index (χ1v) is 0.224. The van der Waals surface area contributed by atoms with Gasteiger partial charge in [-0.2, -0.15) is 0 Å². The third-order valence-corrected chi connectivity index (χ3v) is 0. The van der Waals surface area contributed by atoms with Crippen LogP contribution in [0.5, 0.6) is 0 Å². The predicted octanol–water partition coefficient (Wildman–Crippen LogP) is -7.33. The molecule has 98 valence electrons. The average Bonchev–Trinajstić information content (AvgIpc) is 1.00. The summed E-state index contributed by atoms with van der Waals surface area (Å²) in [4.78, 5) is 0. The summed E-state index contributed by atoms with van der Waals surface area (Å²) in [6.45, 7) is 4.75. The predicted molar refractivity (Wildman–Crippen MR) is 37.5 cm³/mol. The summed E-state index contributed by atoms with van der Waals surface area (Å²) in [6, 6.07) is 0. The molecule has 0 unspecified atom stereocenters. The Morgan fingerprint density at radius 2 is 0.385 bits per heavy atom. The fourth-order valence-electron chi connectivity index (χ4n) is 0. The van der Waals surface area contributed by atoms with Crippen LogP contribution in [-0.2, 0) is 0 Å². The van der Waals surface area contributed by atoms with Crippen LogP contribution in [0.25, 0.3) is 0 Å². The zero-order valence-electron chi connectivity index (χ0n) is 6.15. The average molecular weight is 503 g/mol. The first-order valence-electron chi connectivity index (χ1n) is 0.224. The van der Waals surface area contributed by atoms with Crippen molar-refractivity contribution >= 4 is 0 Å². The monoisotopic (exact) mass is 504 g/mol. The molecule has 0 rings (SSSR count). The van der Waals surface area contributed by atoms with E-state index in [2.05, 4.69) is 0 Å². The number of hydrogen-bond acceptors (Lipinski definition) is 1. The van der Waals surface area contributed by atoms with Crippen molar-refractivity contribution in [3.8, 4) is 0 Å². The van der Waals surface area contributed by atoms with E-state index in [9.17, 15) is 0 Å². The molecule has 12 heteroatoms. The molecule has 0 fully saturated rings. The van der Waals surface area contributed by atoms with Gasteiger partial charge >= 0.3 is 0 Å². The van der Waals surface area contributed by atoms with Gasteiger partial charge in [0.25, 0.3) is 0 Å². The summed E-state index contributed by atoms with van der Waals surface area (Å²) in [5, 5.41) is 6.25. The van der Waals surface area contributed by atoms with Gasteiger partial charge in [-0.3, -0.25) is 0 Å². The molecule has 0 amide bonds. The first-order chi connectivity index (χ1) is 1.00. The van der Waals surface area contributed by atoms with Crippen LogP contribution in [0.2, 0.25) is 0 Å². The molecule has 18 N–H and O–H groups in total. The van der Waals surface area contributed by atoms with Gasteiger partial charge in [-0.15, -0.1) is 0 Å². The van der Waals surface area contributed by atoms with E-state index >= 15 is 0 Å². The van der Waals surface area contributed by atoms with E-state index in [1.165, 1.54) is 0 Å². The van der Waals surface area contributed by atoms with Crippen molar-refractivity contribution in [3.05, 3.63) is 6.57 Å². The molecule has 0 aliphatic carbocycles. The van der Waals surface area contributed by atoms with Crippen molar-refractivity contribution in [1.82, 2.24) is 0 Å². The Labute approximate surface area is 139 Å². The minimum Gasteiger partial charge on any atom is -0.512 e. The van der Waals surface area contributed by atoms with Crippen LogP contribution in [0.4, 0.5) is 0 Å². The van der Waals surface area contributed by atoms with E-state index in [0.29, 0.717) is 0 Å². The molecule has 0 aromatic carbocycles. The molecule has 0 aromatic heterocycles. The van der Waals surface area contributed by atoms with Crippen molar-refractivity contribution in [3.63, 3.8) is 0 Å². The van der Waals surface area contributed by atoms with Crippen molar-refractivity contribution in [2.24, 2.45) is 0 Å². The topological polar surface area (TPSA) is 307 Å². The standard InChI is InChI=1S/CN.2Gd.9H2O/c1-2;;;;;;;;;;;/h;;;9*1H2/q-1;;;;;;;;;;;. The zero-order chi connectivity index (χ0) is 2.00. The summed E-state index contributed by atoms with van der Waals surface area (Å²) in [7, 11) is 0. The smallest absolute Gasteiger partial charge is 0 e. The fourth-order valence-corrected chi connectivity index (χ4v) is 0. The Morgan fingerprint density at radius 1 is 0.385 bits per heavy atom. The van der Waals surface area contributed by atoms with Gasteiger partial charge in [0, 0.05) is 79.9 Å². The minimum atomic E-state index is 0. The largest absolute Gasteiger partial charge is 0.512 e. The molecule has 0 bridgehead atoms. The van der Waals surface area contributed by atoms with E-state index in [4.69, 9.17) is 11.8 Å². The van der Waals surface area contributed by atoms with E-state index in [1.807, 2.05) is 0 Å². The van der Waals surface area contributed by atoms with Crippen LogP contribution < -0.4 is 0 Å². The van der Waals surface area contributed by atoms with Gasteiger partial charge < -0.3 is 61.1 Å². The summed E-state index contributed by atoms with van der Waals surface area (Å²) >= 11 is 0. The Kier molecular flexibility index (Phi) is 19900. The van der Waals surface area contributed by atoms with Crippen molar-refractivity contribution < 1.29 is 129 Å². The van der Waals surface area contributed by atoms with Crippen molar-refractivity contribution in [2.45, 2.75) is 0 Å². The molecular weight excluding hydrogens is 485 g/mol. The molecule has 0 saturated heterocycles. The Balaban J connectivity index is -0.0000000000909. The number of hydrogen-bond donors (Lipinski definition) is 0. The summed E-state index contributed by atoms with van der Waals surface area (Å²) in [6.07, 6.45) is 0. The maximum Gasteiger partial charge on any atom is 0 e. The van der Waals surface area contributed by atoms with Gasteiger partial charge in [0.05, 0.1) is 0 Å². The number of nitrogens with zero attached hydrogens (tertiary/aromatic N) is 1. The summed E-state index contributed by atoms with van der Waals surface area (Å²) < 4.78 is 0. The van der Waals surface area contributed by atoms with E-state index < -0.39 is 0 Å². The summed E-state index contributed by atoms with van der Waals surface area (Å²) in [5.41, 5.74) is 0. The Hall–Kier alpha value is 1.78. The Bertz CT molecular complexity index is 22.3. The van der Waals surface area contributed by atoms with Gasteiger partial charge in [0.15, 0.2) is 0 Å². The maximum atomic E-state index is 6.25. The molecule has 0 saturated carbocycles. The van der Waals surface area contributed by atoms with Crippen LogP contribution in [0, 0.1) is 91.7 Å². The molecule has 0 aromatic rings. The van der Waals surface area contributed by atoms with Crippen LogP contribution in [0.3, 0.4) is 0 Å². The second-order valence-electron chi connectivity index (χ2n) is 0. The fraction of sp³-hybridized carbons (Fsp3) is 0. The van der Waals surface area contributed by atoms with Gasteiger partial charge in [0.1, 0.15) is 0 Å². The quantitative estimate of drug-likeness (QED) is 0.286. The second-order valence-corrected chi connectivity index (χ2v) is 0. The molecule has 0 atom stereocenters. The normalized spacial score (nSPS) is 0.154. The SMILES string of the molecule is O.O.O.O.O.O.O.O.O.[C-]#N.[Gd].[Gd]. The second kappa shape index (κ2) is 711. The third-order valence-electron chi connectivity index (χ3n) is 0. The molecular formula is CH18Gd2NO9-. The molecule has 10 nitrogen and oxygen atoms in total. The first kappa shape index (κ1) is 363. The van der Waals surface area contributed by atoms with Gasteiger partial charge in [-0.05, 0) is 0 Å². The molecule has 0 radical (unpaired) electrons. The molecule has 0 aliphatic rings. The number of rotatable bonds is 0. The minimum absolute atomic E-state index is 0. The van der Waals surface area contributed by atoms with Crippen LogP contribution >= 0.6 is 0 Å². The Morgan fingerprint density at radius 3 is 0.385 bits per heavy atom. The van der Waals surface area contributed by atoms with Gasteiger partial charge in [-0.1, -0.05) is 0 Å². The maximum absolute atomic E-state index is 6.25. The van der Waals surface area contributed by atoms with Crippen LogP contribution in [0.15, 0.2) is 0 Å². The van der Waals surface area contributed by atoms with E-state index in [1.54, 1.807) is 0 Å². The summed E-state index contributed by atoms with van der Waals surface area (Å²) in [5.74, 6) is 0. The zero-order valence-corrected chi connectivity index (χ0v) is 10.7. The van der Waals surface area contributed by atoms with Crippen molar-refractivity contribution in [2.75, 3.05) is 0 Å². The molecule has 0 aliphatic heterocycles. The van der Waals surface area contributed by atoms with E-state index in [0.717, 1.165) is 0 Å². The van der Waals surface area contributed by atoms with Gasteiger partial charge in [-0.25, -0.2) is 0 Å². The van der Waals surface area contributed by atoms with E-state index in [-0.39, 0.29) is 129 Å². The van der Waals surface area contributed by atoms with Crippen LogP contribution in [-0.4, -0.2) is 49.3 Å². The van der Waals surface area contributed by atoms with Crippen molar-refractivity contribution in [1.29, 1.82) is 5.26 Å². The molecule has 0 heterocycles. The van der Waals surface area contributed by atoms with Crippen LogP contribution in [0.1, 0.15) is 0 Å².